The molecule has 0 aromatic heterocycles. The number of carbonyl (C=O) groups is 1. The van der Waals surface area contributed by atoms with Crippen molar-refractivity contribution in [3.8, 4) is 0 Å². The summed E-state index contributed by atoms with van der Waals surface area (Å²) in [5.74, 6) is 0. The van der Waals surface area contributed by atoms with Crippen molar-refractivity contribution < 1.29 is 4.79 Å². The molecule has 3 heteroatoms. The van der Waals surface area contributed by atoms with Crippen LogP contribution >= 0.6 is 0 Å². The number of rotatable bonds is 1. The van der Waals surface area contributed by atoms with Gasteiger partial charge in [-0.05, 0) is 13.8 Å². The summed E-state index contributed by atoms with van der Waals surface area (Å²) in [7, 11) is 1.59. The molecule has 0 heterocycles. The minimum Gasteiger partial charge on any atom is -0.341 e. The summed E-state index contributed by atoms with van der Waals surface area (Å²) >= 11 is 0. The molecular weight excluding hydrogens is 128 g/mol. The molecule has 2 amide bonds. The lowest BCUT2D eigenvalue weighted by Crippen LogP contribution is -2.37. The van der Waals surface area contributed by atoms with E-state index < -0.39 is 0 Å². The summed E-state index contributed by atoms with van der Waals surface area (Å²) in [6.07, 6.45) is 0. The summed E-state index contributed by atoms with van der Waals surface area (Å²) in [5.41, 5.74) is 0. The topological polar surface area (TPSA) is 41.1 Å². The first-order chi connectivity index (χ1) is 4.66. The van der Waals surface area contributed by atoms with Gasteiger partial charge in [-0.3, -0.25) is 0 Å². The van der Waals surface area contributed by atoms with Gasteiger partial charge in [-0.25, -0.2) is 4.79 Å². The van der Waals surface area contributed by atoms with Crippen molar-refractivity contribution in [3.05, 3.63) is 0 Å². The molecule has 0 rings (SSSR count). The van der Waals surface area contributed by atoms with Gasteiger partial charge in [0.1, 0.15) is 0 Å². The van der Waals surface area contributed by atoms with Gasteiger partial charge in [0.2, 0.25) is 0 Å². The molecule has 0 saturated heterocycles. The van der Waals surface area contributed by atoms with E-state index in [-0.39, 0.29) is 12.1 Å². The monoisotopic (exact) mass is 146 g/mol. The normalized spacial score (nSPS) is 7.80. The summed E-state index contributed by atoms with van der Waals surface area (Å²) in [5, 5.41) is 5.09. The molecule has 0 radical (unpaired) electrons. The summed E-state index contributed by atoms with van der Waals surface area (Å²) < 4.78 is 0. The lowest BCUT2D eigenvalue weighted by atomic mass is 10.4. The van der Waals surface area contributed by atoms with E-state index in [4.69, 9.17) is 0 Å². The summed E-state index contributed by atoms with van der Waals surface area (Å²) in [6, 6.07) is 0.0925. The van der Waals surface area contributed by atoms with Crippen molar-refractivity contribution in [2.75, 3.05) is 7.05 Å². The van der Waals surface area contributed by atoms with E-state index in [9.17, 15) is 4.79 Å². The average Bonchev–Trinajstić information content (AvgIpc) is 1.91. The summed E-state index contributed by atoms with van der Waals surface area (Å²) in [4.78, 5) is 10.4. The third-order valence-electron chi connectivity index (χ3n) is 0.647. The van der Waals surface area contributed by atoms with Gasteiger partial charge in [0.05, 0.1) is 0 Å². The average molecular weight is 146 g/mol. The van der Waals surface area contributed by atoms with Crippen molar-refractivity contribution in [3.63, 3.8) is 0 Å². The molecule has 0 aromatic rings. The fourth-order valence-electron chi connectivity index (χ4n) is 0.334. The number of carbonyl (C=O) groups excluding carboxylic acids is 1. The molecule has 0 aliphatic carbocycles. The third-order valence-corrected chi connectivity index (χ3v) is 0.647. The lowest BCUT2D eigenvalue weighted by Gasteiger charge is -2.05. The second-order valence-electron chi connectivity index (χ2n) is 1.88. The Hall–Kier alpha value is -0.730. The predicted octanol–water partition coefficient (Wildman–Crippen LogP) is 1.35. The van der Waals surface area contributed by atoms with Crippen LogP contribution in [0.4, 0.5) is 4.79 Å². The molecule has 0 fully saturated rings. The molecule has 0 bridgehead atoms. The van der Waals surface area contributed by atoms with Crippen LogP contribution in [0.25, 0.3) is 0 Å². The Morgan fingerprint density at radius 1 is 1.30 bits per heavy atom. The highest BCUT2D eigenvalue weighted by molar-refractivity contribution is 5.73. The SMILES string of the molecule is CC.CNC(=O)NC(C)C. The van der Waals surface area contributed by atoms with Gasteiger partial charge < -0.3 is 10.6 Å². The van der Waals surface area contributed by atoms with Crippen LogP contribution < -0.4 is 10.6 Å². The van der Waals surface area contributed by atoms with Crippen molar-refractivity contribution in [1.29, 1.82) is 0 Å². The van der Waals surface area contributed by atoms with Crippen molar-refractivity contribution in [1.82, 2.24) is 10.6 Å². The minimum atomic E-state index is -0.125. The Kier molecular flexibility index (Phi) is 9.92. The van der Waals surface area contributed by atoms with Crippen molar-refractivity contribution in [2.45, 2.75) is 33.7 Å². The number of hydrogen-bond acceptors (Lipinski definition) is 1. The fourth-order valence-corrected chi connectivity index (χ4v) is 0.334. The highest BCUT2D eigenvalue weighted by atomic mass is 16.2. The zero-order valence-corrected chi connectivity index (χ0v) is 7.49. The van der Waals surface area contributed by atoms with Crippen LogP contribution in [0.3, 0.4) is 0 Å². The van der Waals surface area contributed by atoms with Crippen LogP contribution in [0, 0.1) is 0 Å². The largest absolute Gasteiger partial charge is 0.341 e. The van der Waals surface area contributed by atoms with Gasteiger partial charge in [-0.15, -0.1) is 0 Å². The zero-order chi connectivity index (χ0) is 8.57. The highest BCUT2D eigenvalue weighted by Gasteiger charge is 1.95. The van der Waals surface area contributed by atoms with Crippen LogP contribution in [0.5, 0.6) is 0 Å². The molecular formula is C7H18N2O. The van der Waals surface area contributed by atoms with E-state index in [0.29, 0.717) is 0 Å². The molecule has 0 spiro atoms. The first kappa shape index (κ1) is 12.0. The Labute approximate surface area is 63.2 Å². The number of hydrogen-bond donors (Lipinski definition) is 2. The van der Waals surface area contributed by atoms with Gasteiger partial charge in [0.15, 0.2) is 0 Å². The van der Waals surface area contributed by atoms with Gasteiger partial charge in [0.25, 0.3) is 0 Å². The third kappa shape index (κ3) is 10.3. The number of amides is 2. The predicted molar refractivity (Wildman–Crippen MR) is 44.1 cm³/mol. The molecule has 0 unspecified atom stereocenters. The van der Waals surface area contributed by atoms with Crippen LogP contribution in [0.15, 0.2) is 0 Å². The van der Waals surface area contributed by atoms with Gasteiger partial charge >= 0.3 is 6.03 Å². The molecule has 3 nitrogen and oxygen atoms in total. The molecule has 10 heavy (non-hydrogen) atoms. The van der Waals surface area contributed by atoms with Crippen LogP contribution in [0.1, 0.15) is 27.7 Å². The quantitative estimate of drug-likeness (QED) is 0.576. The Morgan fingerprint density at radius 3 is 1.80 bits per heavy atom. The molecule has 0 aliphatic heterocycles. The van der Waals surface area contributed by atoms with E-state index in [1.807, 2.05) is 27.7 Å². The molecule has 2 N–H and O–H groups in total. The molecule has 62 valence electrons. The minimum absolute atomic E-state index is 0.125. The second-order valence-corrected chi connectivity index (χ2v) is 1.88. The van der Waals surface area contributed by atoms with Gasteiger partial charge in [-0.1, -0.05) is 13.8 Å². The first-order valence-corrected chi connectivity index (χ1v) is 3.65. The van der Waals surface area contributed by atoms with Crippen molar-refractivity contribution >= 4 is 6.03 Å². The van der Waals surface area contributed by atoms with E-state index in [1.165, 1.54) is 0 Å². The van der Waals surface area contributed by atoms with Crippen molar-refractivity contribution in [2.24, 2.45) is 0 Å². The summed E-state index contributed by atoms with van der Waals surface area (Å²) in [6.45, 7) is 7.82. The van der Waals surface area contributed by atoms with E-state index in [2.05, 4.69) is 10.6 Å². The van der Waals surface area contributed by atoms with Crippen LogP contribution in [-0.4, -0.2) is 19.1 Å². The molecule has 0 saturated carbocycles. The van der Waals surface area contributed by atoms with Crippen LogP contribution in [-0.2, 0) is 0 Å². The fraction of sp³-hybridized carbons (Fsp3) is 0.857. The molecule has 0 atom stereocenters. The Bertz CT molecular complexity index is 81.7. The molecule has 0 aromatic carbocycles. The van der Waals surface area contributed by atoms with E-state index >= 15 is 0 Å². The maximum absolute atomic E-state index is 10.4. The van der Waals surface area contributed by atoms with Gasteiger partial charge in [-0.2, -0.15) is 0 Å². The maximum Gasteiger partial charge on any atom is 0.314 e. The zero-order valence-electron chi connectivity index (χ0n) is 7.49. The van der Waals surface area contributed by atoms with Gasteiger partial charge in [0, 0.05) is 13.1 Å². The number of nitrogens with one attached hydrogen (secondary N) is 2. The lowest BCUT2D eigenvalue weighted by molar-refractivity contribution is 0.240. The second kappa shape index (κ2) is 8.27. The van der Waals surface area contributed by atoms with Crippen LogP contribution in [0.2, 0.25) is 0 Å². The number of urea groups is 1. The Balaban J connectivity index is 0. The smallest absolute Gasteiger partial charge is 0.314 e. The first-order valence-electron chi connectivity index (χ1n) is 3.65. The van der Waals surface area contributed by atoms with E-state index in [0.717, 1.165) is 0 Å². The highest BCUT2D eigenvalue weighted by Crippen LogP contribution is 1.73. The maximum atomic E-state index is 10.4. The van der Waals surface area contributed by atoms with E-state index in [1.54, 1.807) is 7.05 Å². The Morgan fingerprint density at radius 2 is 1.70 bits per heavy atom. The standard InChI is InChI=1S/C5H12N2O.C2H6/c1-4(2)7-5(8)6-3;1-2/h4H,1-3H3,(H2,6,7,8);1-2H3. The molecule has 0 aliphatic rings.